The highest BCUT2D eigenvalue weighted by atomic mass is 32.1. The molecule has 0 aliphatic heterocycles. The van der Waals surface area contributed by atoms with Crippen LogP contribution < -0.4 is 5.32 Å². The molecule has 0 bridgehead atoms. The van der Waals surface area contributed by atoms with Gasteiger partial charge in [-0.15, -0.1) is 16.4 Å². The van der Waals surface area contributed by atoms with Crippen LogP contribution in [0.25, 0.3) is 0 Å². The van der Waals surface area contributed by atoms with Crippen molar-refractivity contribution in [3.05, 3.63) is 27.4 Å². The molecule has 0 radical (unpaired) electrons. The van der Waals surface area contributed by atoms with Crippen LogP contribution >= 0.6 is 11.3 Å². The van der Waals surface area contributed by atoms with Crippen LogP contribution in [-0.2, 0) is 37.5 Å². The topological polar surface area (TPSA) is 83.6 Å². The van der Waals surface area contributed by atoms with Crippen molar-refractivity contribution in [1.82, 2.24) is 15.0 Å². The summed E-state index contributed by atoms with van der Waals surface area (Å²) in [5.41, 5.74) is 4.15. The fourth-order valence-electron chi connectivity index (χ4n) is 4.48. The quantitative estimate of drug-likeness (QED) is 0.838. The van der Waals surface area contributed by atoms with Crippen LogP contribution in [0.4, 0.5) is 5.00 Å². The maximum atomic E-state index is 13.0. The van der Waals surface area contributed by atoms with Crippen molar-refractivity contribution in [2.75, 3.05) is 5.32 Å². The smallest absolute Gasteiger partial charge is 0.228 e. The Morgan fingerprint density at radius 2 is 2.07 bits per heavy atom. The van der Waals surface area contributed by atoms with Gasteiger partial charge in [0.05, 0.1) is 17.0 Å². The Kier molecular flexibility index (Phi) is 4.78. The molecule has 2 unspecified atom stereocenters. The van der Waals surface area contributed by atoms with Crippen molar-refractivity contribution in [1.29, 1.82) is 5.26 Å². The lowest BCUT2D eigenvalue weighted by atomic mass is 9.72. The first-order valence-corrected chi connectivity index (χ1v) is 10.8. The Labute approximate surface area is 169 Å². The molecule has 28 heavy (non-hydrogen) atoms. The zero-order chi connectivity index (χ0) is 20.1. The minimum atomic E-state index is -0.0994. The van der Waals surface area contributed by atoms with Gasteiger partial charge in [-0.2, -0.15) is 5.26 Å². The molecule has 148 valence electrons. The third kappa shape index (κ3) is 3.35. The monoisotopic (exact) mass is 397 g/mol. The Balaban J connectivity index is 1.53. The molecule has 1 N–H and O–H groups in total. The third-order valence-electron chi connectivity index (χ3n) is 6.40. The van der Waals surface area contributed by atoms with Crippen LogP contribution in [0.1, 0.15) is 61.0 Å². The summed E-state index contributed by atoms with van der Waals surface area (Å²) in [4.78, 5) is 14.2. The van der Waals surface area contributed by atoms with Gasteiger partial charge < -0.3 is 5.32 Å². The SMILES string of the molecule is Cn1nnc2c1CC(C(=O)Nc1sc3c(c1C#N)CCC(C(C)(C)C)C3)CC2. The second-order valence-corrected chi connectivity index (χ2v) is 10.3. The van der Waals surface area contributed by atoms with E-state index in [0.717, 1.165) is 54.1 Å². The highest BCUT2D eigenvalue weighted by Gasteiger charge is 2.33. The number of anilines is 1. The lowest BCUT2D eigenvalue weighted by Gasteiger charge is -2.33. The Morgan fingerprint density at radius 3 is 2.79 bits per heavy atom. The standard InChI is InChI=1S/C21H27N5OS/c1-21(2,3)13-6-7-14-15(11-22)20(28-18(14)10-13)23-19(27)12-5-8-16-17(9-12)26(4)25-24-16/h12-13H,5-10H2,1-4H3,(H,23,27). The summed E-state index contributed by atoms with van der Waals surface area (Å²) >= 11 is 1.60. The van der Waals surface area contributed by atoms with E-state index in [-0.39, 0.29) is 17.2 Å². The molecular weight excluding hydrogens is 370 g/mol. The average molecular weight is 398 g/mol. The molecule has 2 aromatic heterocycles. The van der Waals surface area contributed by atoms with E-state index in [1.54, 1.807) is 16.0 Å². The molecule has 4 rings (SSSR count). The summed E-state index contributed by atoms with van der Waals surface area (Å²) in [5, 5.41) is 21.8. The molecule has 6 nitrogen and oxygen atoms in total. The van der Waals surface area contributed by atoms with E-state index in [9.17, 15) is 10.1 Å². The largest absolute Gasteiger partial charge is 0.316 e. The molecule has 2 atom stereocenters. The number of aromatic nitrogens is 3. The highest BCUT2D eigenvalue weighted by molar-refractivity contribution is 7.16. The number of hydrogen-bond donors (Lipinski definition) is 1. The van der Waals surface area contributed by atoms with Gasteiger partial charge in [0, 0.05) is 24.3 Å². The summed E-state index contributed by atoms with van der Waals surface area (Å²) in [6.45, 7) is 6.86. The molecule has 2 aliphatic carbocycles. The summed E-state index contributed by atoms with van der Waals surface area (Å²) < 4.78 is 1.77. The second kappa shape index (κ2) is 7.00. The van der Waals surface area contributed by atoms with Gasteiger partial charge in [-0.05, 0) is 49.0 Å². The molecule has 0 aromatic carbocycles. The molecule has 2 heterocycles. The van der Waals surface area contributed by atoms with E-state index in [0.29, 0.717) is 17.9 Å². The number of carbonyl (C=O) groups is 1. The number of fused-ring (bicyclic) bond motifs is 2. The molecule has 2 aromatic rings. The van der Waals surface area contributed by atoms with Gasteiger partial charge in [-0.25, -0.2) is 0 Å². The van der Waals surface area contributed by atoms with Gasteiger partial charge in [-0.3, -0.25) is 9.48 Å². The molecule has 7 heteroatoms. The molecule has 0 fully saturated rings. The minimum absolute atomic E-state index is 0.00863. The summed E-state index contributed by atoms with van der Waals surface area (Å²) in [5.74, 6) is 0.523. The van der Waals surface area contributed by atoms with Gasteiger partial charge in [-0.1, -0.05) is 26.0 Å². The number of nitrogens with one attached hydrogen (secondary N) is 1. The van der Waals surface area contributed by atoms with Gasteiger partial charge >= 0.3 is 0 Å². The van der Waals surface area contributed by atoms with E-state index >= 15 is 0 Å². The van der Waals surface area contributed by atoms with Crippen LogP contribution in [-0.4, -0.2) is 20.9 Å². The number of amides is 1. The van der Waals surface area contributed by atoms with Crippen molar-refractivity contribution >= 4 is 22.2 Å². The van der Waals surface area contributed by atoms with Crippen molar-refractivity contribution in [3.8, 4) is 6.07 Å². The highest BCUT2D eigenvalue weighted by Crippen LogP contribution is 2.44. The lowest BCUT2D eigenvalue weighted by Crippen LogP contribution is -2.29. The number of aryl methyl sites for hydroxylation is 2. The van der Waals surface area contributed by atoms with Crippen molar-refractivity contribution in [3.63, 3.8) is 0 Å². The third-order valence-corrected chi connectivity index (χ3v) is 7.57. The van der Waals surface area contributed by atoms with Gasteiger partial charge in [0.15, 0.2) is 0 Å². The number of thiophene rings is 1. The summed E-state index contributed by atoms with van der Waals surface area (Å²) in [6.07, 6.45) is 5.25. The van der Waals surface area contributed by atoms with E-state index in [1.165, 1.54) is 4.88 Å². The van der Waals surface area contributed by atoms with E-state index in [1.807, 2.05) is 7.05 Å². The zero-order valence-corrected chi connectivity index (χ0v) is 17.8. The maximum absolute atomic E-state index is 13.0. The Hall–Kier alpha value is -2.20. The first-order valence-electron chi connectivity index (χ1n) is 10.0. The van der Waals surface area contributed by atoms with Crippen LogP contribution in [0, 0.1) is 28.6 Å². The van der Waals surface area contributed by atoms with Crippen molar-refractivity contribution in [2.24, 2.45) is 24.3 Å². The molecule has 1 amide bonds. The zero-order valence-electron chi connectivity index (χ0n) is 17.0. The predicted octanol–water partition coefficient (Wildman–Crippen LogP) is 3.64. The lowest BCUT2D eigenvalue weighted by molar-refractivity contribution is -0.120. The van der Waals surface area contributed by atoms with E-state index < -0.39 is 0 Å². The van der Waals surface area contributed by atoms with Crippen LogP contribution in [0.3, 0.4) is 0 Å². The minimum Gasteiger partial charge on any atom is -0.316 e. The maximum Gasteiger partial charge on any atom is 0.228 e. The van der Waals surface area contributed by atoms with E-state index in [2.05, 4.69) is 42.5 Å². The molecule has 0 spiro atoms. The first-order chi connectivity index (χ1) is 13.3. The number of nitrogens with zero attached hydrogens (tertiary/aromatic N) is 4. The second-order valence-electron chi connectivity index (χ2n) is 9.16. The fraction of sp³-hybridized carbons (Fsp3) is 0.619. The van der Waals surface area contributed by atoms with Crippen molar-refractivity contribution in [2.45, 2.75) is 59.3 Å². The van der Waals surface area contributed by atoms with Gasteiger partial charge in [0.1, 0.15) is 11.1 Å². The molecule has 0 saturated heterocycles. The number of rotatable bonds is 2. The number of nitriles is 1. The van der Waals surface area contributed by atoms with Gasteiger partial charge in [0.2, 0.25) is 5.91 Å². The normalized spacial score (nSPS) is 21.5. The number of carbonyl (C=O) groups excluding carboxylic acids is 1. The first kappa shape index (κ1) is 19.1. The van der Waals surface area contributed by atoms with Crippen LogP contribution in [0.5, 0.6) is 0 Å². The van der Waals surface area contributed by atoms with Crippen LogP contribution in [0.15, 0.2) is 0 Å². The average Bonchev–Trinajstić information content (AvgIpc) is 3.19. The molecule has 0 saturated carbocycles. The van der Waals surface area contributed by atoms with E-state index in [4.69, 9.17) is 0 Å². The summed E-state index contributed by atoms with van der Waals surface area (Å²) in [7, 11) is 1.87. The predicted molar refractivity (Wildman–Crippen MR) is 109 cm³/mol. The number of hydrogen-bond acceptors (Lipinski definition) is 5. The van der Waals surface area contributed by atoms with Crippen LogP contribution in [0.2, 0.25) is 0 Å². The molecule has 2 aliphatic rings. The fourth-order valence-corrected chi connectivity index (χ4v) is 5.76. The molecular formula is C21H27N5OS. The Morgan fingerprint density at radius 1 is 1.29 bits per heavy atom. The Bertz CT molecular complexity index is 959. The summed E-state index contributed by atoms with van der Waals surface area (Å²) in [6, 6.07) is 2.36. The van der Waals surface area contributed by atoms with Gasteiger partial charge in [0.25, 0.3) is 0 Å². The van der Waals surface area contributed by atoms with Crippen molar-refractivity contribution < 1.29 is 4.79 Å².